The van der Waals surface area contributed by atoms with E-state index in [2.05, 4.69) is 0 Å². The molecular formula is C6H7NaO2S. The van der Waals surface area contributed by atoms with E-state index in [-0.39, 0.29) is 37.0 Å². The summed E-state index contributed by atoms with van der Waals surface area (Å²) in [5.41, 5.74) is 0. The van der Waals surface area contributed by atoms with Crippen LogP contribution >= 0.6 is 11.3 Å². The molecule has 0 fully saturated rings. The maximum atomic E-state index is 10.3. The van der Waals surface area contributed by atoms with Crippen molar-refractivity contribution in [1.29, 1.82) is 0 Å². The molecule has 0 aliphatic carbocycles. The number of carbonyl (C=O) groups excluding carboxylic acids is 1. The van der Waals surface area contributed by atoms with Gasteiger partial charge in [-0.3, -0.25) is 4.79 Å². The molecule has 1 aromatic heterocycles. The molecule has 1 rings (SSSR count). The third-order valence-corrected chi connectivity index (χ3v) is 1.48. The first kappa shape index (κ1) is 10.2. The molecule has 1 heterocycles. The van der Waals surface area contributed by atoms with E-state index in [0.717, 1.165) is 0 Å². The van der Waals surface area contributed by atoms with Crippen molar-refractivity contribution in [2.45, 2.75) is 6.92 Å². The summed E-state index contributed by atoms with van der Waals surface area (Å²) < 4.78 is 4.73. The standard InChI is InChI=1S/C6H6O2S.Na.H/c1-5(7)8-6-3-2-4-9-6;;/h2-4H,1H3;;/q;+1;-1. The van der Waals surface area contributed by atoms with Gasteiger partial charge in [-0.1, -0.05) is 0 Å². The van der Waals surface area contributed by atoms with Crippen LogP contribution in [0.25, 0.3) is 0 Å². The quantitative estimate of drug-likeness (QED) is 0.386. The molecule has 0 saturated heterocycles. The smallest absolute Gasteiger partial charge is 1.00 e. The van der Waals surface area contributed by atoms with Crippen molar-refractivity contribution in [3.63, 3.8) is 0 Å². The third kappa shape index (κ3) is 3.37. The van der Waals surface area contributed by atoms with Crippen LogP contribution in [0.15, 0.2) is 17.5 Å². The molecule has 0 atom stereocenters. The van der Waals surface area contributed by atoms with E-state index in [1.807, 2.05) is 11.4 Å². The van der Waals surface area contributed by atoms with E-state index in [9.17, 15) is 4.79 Å². The van der Waals surface area contributed by atoms with Gasteiger partial charge in [0.05, 0.1) is 0 Å². The number of rotatable bonds is 1. The van der Waals surface area contributed by atoms with Crippen LogP contribution in [0.2, 0.25) is 0 Å². The summed E-state index contributed by atoms with van der Waals surface area (Å²) in [5.74, 6) is -0.266. The molecule has 50 valence electrons. The Kier molecular flexibility index (Phi) is 4.99. The second-order valence-corrected chi connectivity index (χ2v) is 2.44. The predicted octanol–water partition coefficient (Wildman–Crippen LogP) is -1.21. The van der Waals surface area contributed by atoms with E-state index in [0.29, 0.717) is 5.06 Å². The fourth-order valence-electron chi connectivity index (χ4n) is 0.463. The van der Waals surface area contributed by atoms with Gasteiger partial charge in [-0.2, -0.15) is 0 Å². The van der Waals surface area contributed by atoms with Gasteiger partial charge in [-0.25, -0.2) is 0 Å². The van der Waals surface area contributed by atoms with Crippen LogP contribution < -0.4 is 34.3 Å². The molecule has 1 aromatic rings. The first-order valence-electron chi connectivity index (χ1n) is 2.51. The van der Waals surface area contributed by atoms with E-state index < -0.39 is 0 Å². The summed E-state index contributed by atoms with van der Waals surface area (Å²) >= 11 is 1.41. The Bertz CT molecular complexity index is 200. The zero-order valence-electron chi connectivity index (χ0n) is 6.96. The molecule has 0 aromatic carbocycles. The molecule has 4 heteroatoms. The van der Waals surface area contributed by atoms with Gasteiger partial charge in [0.1, 0.15) is 0 Å². The molecule has 10 heavy (non-hydrogen) atoms. The first-order valence-corrected chi connectivity index (χ1v) is 3.39. The summed E-state index contributed by atoms with van der Waals surface area (Å²) in [5, 5.41) is 2.51. The molecule has 0 unspecified atom stereocenters. The van der Waals surface area contributed by atoms with Crippen LogP contribution in [0.4, 0.5) is 0 Å². The first-order chi connectivity index (χ1) is 4.29. The van der Waals surface area contributed by atoms with Crippen molar-refractivity contribution < 1.29 is 40.5 Å². The fraction of sp³-hybridized carbons (Fsp3) is 0.167. The second-order valence-electron chi connectivity index (χ2n) is 1.53. The van der Waals surface area contributed by atoms with Gasteiger partial charge in [0.2, 0.25) is 0 Å². The fourth-order valence-corrected chi connectivity index (χ4v) is 1.08. The Morgan fingerprint density at radius 3 is 2.90 bits per heavy atom. The van der Waals surface area contributed by atoms with E-state index in [1.165, 1.54) is 18.3 Å². The number of hydrogen-bond acceptors (Lipinski definition) is 3. The van der Waals surface area contributed by atoms with Gasteiger partial charge in [0.25, 0.3) is 0 Å². The van der Waals surface area contributed by atoms with Crippen LogP contribution in [0.5, 0.6) is 5.06 Å². The van der Waals surface area contributed by atoms with Crippen molar-refractivity contribution in [2.75, 3.05) is 0 Å². The number of ether oxygens (including phenoxy) is 1. The van der Waals surface area contributed by atoms with Gasteiger partial charge in [-0.05, 0) is 17.5 Å². The van der Waals surface area contributed by atoms with Crippen molar-refractivity contribution in [3.8, 4) is 5.06 Å². The number of esters is 1. The maximum absolute atomic E-state index is 10.3. The van der Waals surface area contributed by atoms with Gasteiger partial charge >= 0.3 is 35.5 Å². The molecule has 0 radical (unpaired) electrons. The van der Waals surface area contributed by atoms with Gasteiger partial charge < -0.3 is 6.16 Å². The molecule has 0 bridgehead atoms. The molecule has 0 spiro atoms. The summed E-state index contributed by atoms with van der Waals surface area (Å²) in [6.07, 6.45) is 0. The topological polar surface area (TPSA) is 26.3 Å². The molecule has 0 saturated carbocycles. The molecule has 0 amide bonds. The maximum Gasteiger partial charge on any atom is 1.00 e. The second kappa shape index (κ2) is 4.91. The van der Waals surface area contributed by atoms with E-state index >= 15 is 0 Å². The summed E-state index contributed by atoms with van der Waals surface area (Å²) in [6.45, 7) is 1.39. The van der Waals surface area contributed by atoms with Crippen molar-refractivity contribution in [2.24, 2.45) is 0 Å². The van der Waals surface area contributed by atoms with Crippen LogP contribution in [0.1, 0.15) is 8.35 Å². The normalized spacial score (nSPS) is 8.10. The molecule has 0 aliphatic rings. The Labute approximate surface area is 87.0 Å². The average Bonchev–Trinajstić information content (AvgIpc) is 2.15. The minimum atomic E-state index is -0.266. The zero-order chi connectivity index (χ0) is 6.69. The van der Waals surface area contributed by atoms with Crippen LogP contribution in [0, 0.1) is 0 Å². The summed E-state index contributed by atoms with van der Waals surface area (Å²) in [7, 11) is 0. The minimum Gasteiger partial charge on any atom is -1.00 e. The number of hydrogen-bond donors (Lipinski definition) is 0. The van der Waals surface area contributed by atoms with Crippen LogP contribution in [0.3, 0.4) is 0 Å². The SMILES string of the molecule is CC(=O)Oc1cccs1.[H-].[Na+]. The molecule has 2 nitrogen and oxygen atoms in total. The van der Waals surface area contributed by atoms with Gasteiger partial charge in [-0.15, -0.1) is 11.3 Å². The zero-order valence-corrected chi connectivity index (χ0v) is 8.77. The Morgan fingerprint density at radius 1 is 1.80 bits per heavy atom. The van der Waals surface area contributed by atoms with Crippen LogP contribution in [-0.2, 0) is 4.79 Å². The Balaban J connectivity index is 0. The van der Waals surface area contributed by atoms with Crippen molar-refractivity contribution in [3.05, 3.63) is 17.5 Å². The monoisotopic (exact) mass is 166 g/mol. The van der Waals surface area contributed by atoms with E-state index in [4.69, 9.17) is 4.74 Å². The summed E-state index contributed by atoms with van der Waals surface area (Å²) in [4.78, 5) is 10.3. The minimum absolute atomic E-state index is 0. The number of carbonyl (C=O) groups is 1. The van der Waals surface area contributed by atoms with Crippen LogP contribution in [-0.4, -0.2) is 5.97 Å². The largest absolute Gasteiger partial charge is 1.00 e. The predicted molar refractivity (Wildman–Crippen MR) is 36.7 cm³/mol. The molecular weight excluding hydrogens is 159 g/mol. The van der Waals surface area contributed by atoms with E-state index in [1.54, 1.807) is 6.07 Å². The molecule has 0 N–H and O–H groups in total. The summed E-state index contributed by atoms with van der Waals surface area (Å²) in [6, 6.07) is 3.59. The van der Waals surface area contributed by atoms with Crippen molar-refractivity contribution in [1.82, 2.24) is 0 Å². The molecule has 0 aliphatic heterocycles. The Hall–Kier alpha value is 0.170. The van der Waals surface area contributed by atoms with Gasteiger partial charge in [0.15, 0.2) is 5.06 Å². The van der Waals surface area contributed by atoms with Gasteiger partial charge in [0, 0.05) is 6.92 Å². The average molecular weight is 166 g/mol. The Morgan fingerprint density at radius 2 is 2.50 bits per heavy atom. The third-order valence-electron chi connectivity index (χ3n) is 0.739. The number of thiophene rings is 1. The van der Waals surface area contributed by atoms with Crippen molar-refractivity contribution >= 4 is 17.3 Å².